The van der Waals surface area contributed by atoms with Crippen molar-refractivity contribution in [1.29, 1.82) is 0 Å². The number of nitrogens with zero attached hydrogens (tertiary/aromatic N) is 2. The van der Waals surface area contributed by atoms with Crippen LogP contribution in [0, 0.1) is 5.82 Å². The monoisotopic (exact) mass is 531 g/mol. The molecule has 7 nitrogen and oxygen atoms in total. The van der Waals surface area contributed by atoms with Gasteiger partial charge in [-0.25, -0.2) is 9.37 Å². The van der Waals surface area contributed by atoms with Crippen molar-refractivity contribution >= 4 is 17.5 Å². The predicted molar refractivity (Wildman–Crippen MR) is 142 cm³/mol. The number of imidazole rings is 1. The summed E-state index contributed by atoms with van der Waals surface area (Å²) in [4.78, 5) is 17.3. The van der Waals surface area contributed by atoms with E-state index >= 15 is 4.39 Å². The number of amides is 1. The summed E-state index contributed by atoms with van der Waals surface area (Å²) in [6.07, 6.45) is 2.30. The number of hydrogen-bond acceptors (Lipinski definition) is 5. The molecule has 0 unspecified atom stereocenters. The highest BCUT2D eigenvalue weighted by Crippen LogP contribution is 2.28. The summed E-state index contributed by atoms with van der Waals surface area (Å²) in [6.45, 7) is 9.43. The summed E-state index contributed by atoms with van der Waals surface area (Å²) in [7, 11) is 0. The van der Waals surface area contributed by atoms with Gasteiger partial charge in [0, 0.05) is 36.5 Å². The summed E-state index contributed by atoms with van der Waals surface area (Å²) >= 11 is 6.27. The van der Waals surface area contributed by atoms with E-state index in [0.29, 0.717) is 58.4 Å². The van der Waals surface area contributed by atoms with Crippen molar-refractivity contribution in [3.8, 4) is 17.0 Å². The van der Waals surface area contributed by atoms with Gasteiger partial charge in [0.1, 0.15) is 23.0 Å². The minimum absolute atomic E-state index is 0.0520. The molecule has 0 radical (unpaired) electrons. The van der Waals surface area contributed by atoms with Crippen molar-refractivity contribution in [3.63, 3.8) is 0 Å². The fourth-order valence-corrected chi connectivity index (χ4v) is 4.32. The van der Waals surface area contributed by atoms with Crippen LogP contribution >= 0.6 is 11.6 Å². The molecule has 1 aromatic heterocycles. The van der Waals surface area contributed by atoms with Gasteiger partial charge in [-0.2, -0.15) is 0 Å². The van der Waals surface area contributed by atoms with E-state index in [1.54, 1.807) is 48.9 Å². The molecule has 200 valence electrons. The zero-order valence-corrected chi connectivity index (χ0v) is 22.6. The van der Waals surface area contributed by atoms with Crippen LogP contribution in [0.15, 0.2) is 42.6 Å². The Morgan fingerprint density at radius 2 is 1.97 bits per heavy atom. The van der Waals surface area contributed by atoms with Gasteiger partial charge in [-0.15, -0.1) is 0 Å². The van der Waals surface area contributed by atoms with Gasteiger partial charge in [0.15, 0.2) is 0 Å². The number of aryl methyl sites for hydroxylation is 1. The normalized spacial score (nSPS) is 12.6. The first-order valence-corrected chi connectivity index (χ1v) is 12.8. The highest BCUT2D eigenvalue weighted by atomic mass is 35.5. The van der Waals surface area contributed by atoms with Crippen LogP contribution in [0.4, 0.5) is 4.39 Å². The van der Waals surface area contributed by atoms with Crippen LogP contribution in [-0.4, -0.2) is 44.4 Å². The lowest BCUT2D eigenvalue weighted by molar-refractivity contribution is 0.0649. The number of benzene rings is 2. The first-order chi connectivity index (χ1) is 17.4. The molecular formula is C28H35ClFN3O4. The fourth-order valence-electron chi connectivity index (χ4n) is 4.09. The van der Waals surface area contributed by atoms with E-state index in [-0.39, 0.29) is 18.6 Å². The minimum atomic E-state index is -1.16. The van der Waals surface area contributed by atoms with E-state index < -0.39 is 17.5 Å². The predicted octanol–water partition coefficient (Wildman–Crippen LogP) is 5.10. The molecule has 37 heavy (non-hydrogen) atoms. The van der Waals surface area contributed by atoms with E-state index in [4.69, 9.17) is 16.3 Å². The Balaban J connectivity index is 1.76. The zero-order chi connectivity index (χ0) is 27.3. The van der Waals surface area contributed by atoms with Crippen LogP contribution in [-0.2, 0) is 18.6 Å². The summed E-state index contributed by atoms with van der Waals surface area (Å²) in [6, 6.07) is 9.22. The SMILES string of the molecule is CCn1cc(-c2ccc(C[C@@H](CCO)NC(=O)c3ccc(OC(C)C)c(Cl)c3)cc2F)nc1C(C)(C)O. The van der Waals surface area contributed by atoms with Gasteiger partial charge < -0.3 is 24.8 Å². The Morgan fingerprint density at radius 3 is 2.51 bits per heavy atom. The second-order valence-corrected chi connectivity index (χ2v) is 10.2. The molecule has 0 aliphatic heterocycles. The molecule has 3 aromatic rings. The average Bonchev–Trinajstić information content (AvgIpc) is 3.25. The van der Waals surface area contributed by atoms with E-state index in [2.05, 4.69) is 10.3 Å². The van der Waals surface area contributed by atoms with Crippen molar-refractivity contribution in [2.24, 2.45) is 0 Å². The second kappa shape index (κ2) is 12.1. The smallest absolute Gasteiger partial charge is 0.251 e. The molecule has 0 spiro atoms. The number of carbonyl (C=O) groups excluding carboxylic acids is 1. The summed E-state index contributed by atoms with van der Waals surface area (Å²) in [5.74, 6) is 0.150. The molecule has 1 amide bonds. The van der Waals surface area contributed by atoms with E-state index in [1.165, 1.54) is 12.1 Å². The van der Waals surface area contributed by atoms with E-state index in [1.807, 2.05) is 20.8 Å². The Labute approximate surface area is 222 Å². The number of aromatic nitrogens is 2. The highest BCUT2D eigenvalue weighted by Gasteiger charge is 2.24. The molecule has 0 saturated carbocycles. The summed E-state index contributed by atoms with van der Waals surface area (Å²) in [5, 5.41) is 23.2. The number of carbonyl (C=O) groups is 1. The van der Waals surface area contributed by atoms with Crippen LogP contribution in [0.1, 0.15) is 62.8 Å². The number of aliphatic hydroxyl groups excluding tert-OH is 1. The molecule has 2 aromatic carbocycles. The van der Waals surface area contributed by atoms with E-state index in [9.17, 15) is 15.0 Å². The standard InChI is InChI=1S/C28H35ClFN3O4/c1-6-33-16-24(32-27(33)28(4,5)36)21-9-7-18(14-23(21)30)13-20(11-12-34)31-26(35)19-8-10-25(22(29)15-19)37-17(2)3/h7-10,14-17,20,34,36H,6,11-13H2,1-5H3,(H,31,35)/t20-/m1/s1. The molecular weight excluding hydrogens is 497 g/mol. The van der Waals surface area contributed by atoms with Crippen LogP contribution in [0.3, 0.4) is 0 Å². The van der Waals surface area contributed by atoms with Crippen molar-refractivity contribution in [1.82, 2.24) is 14.9 Å². The Kier molecular flexibility index (Phi) is 9.34. The third kappa shape index (κ3) is 7.31. The number of nitrogens with one attached hydrogen (secondary N) is 1. The van der Waals surface area contributed by atoms with Crippen LogP contribution in [0.2, 0.25) is 5.02 Å². The van der Waals surface area contributed by atoms with Crippen molar-refractivity contribution < 1.29 is 24.1 Å². The lowest BCUT2D eigenvalue weighted by Gasteiger charge is -2.19. The number of aliphatic hydroxyl groups is 2. The third-order valence-electron chi connectivity index (χ3n) is 5.83. The average molecular weight is 532 g/mol. The lowest BCUT2D eigenvalue weighted by Crippen LogP contribution is -2.37. The van der Waals surface area contributed by atoms with Gasteiger partial charge in [-0.1, -0.05) is 17.7 Å². The van der Waals surface area contributed by atoms with Crippen molar-refractivity contribution in [3.05, 3.63) is 70.4 Å². The first-order valence-electron chi connectivity index (χ1n) is 12.4. The molecule has 1 atom stereocenters. The number of rotatable bonds is 11. The fraction of sp³-hybridized carbons (Fsp3) is 0.429. The van der Waals surface area contributed by atoms with Crippen LogP contribution in [0.25, 0.3) is 11.3 Å². The van der Waals surface area contributed by atoms with Gasteiger partial charge >= 0.3 is 0 Å². The molecule has 9 heteroatoms. The highest BCUT2D eigenvalue weighted by molar-refractivity contribution is 6.32. The molecule has 0 bridgehead atoms. The minimum Gasteiger partial charge on any atom is -0.489 e. The van der Waals surface area contributed by atoms with Crippen LogP contribution < -0.4 is 10.1 Å². The quantitative estimate of drug-likeness (QED) is 0.320. The van der Waals surface area contributed by atoms with E-state index in [0.717, 1.165) is 0 Å². The van der Waals surface area contributed by atoms with Gasteiger partial charge in [0.05, 0.1) is 16.8 Å². The maximum Gasteiger partial charge on any atom is 0.251 e. The zero-order valence-electron chi connectivity index (χ0n) is 21.9. The second-order valence-electron chi connectivity index (χ2n) is 9.81. The molecule has 1 heterocycles. The van der Waals surface area contributed by atoms with Crippen LogP contribution in [0.5, 0.6) is 5.75 Å². The Bertz CT molecular complexity index is 1240. The Morgan fingerprint density at radius 1 is 1.24 bits per heavy atom. The molecule has 0 aliphatic rings. The molecule has 0 aliphatic carbocycles. The number of hydrogen-bond donors (Lipinski definition) is 3. The maximum atomic E-state index is 15.1. The Hall–Kier alpha value is -2.94. The van der Waals surface area contributed by atoms with Gasteiger partial charge in [-0.3, -0.25) is 4.79 Å². The molecule has 3 rings (SSSR count). The number of ether oxygens (including phenoxy) is 1. The third-order valence-corrected chi connectivity index (χ3v) is 6.12. The molecule has 0 saturated heterocycles. The molecule has 3 N–H and O–H groups in total. The van der Waals surface area contributed by atoms with Gasteiger partial charge in [-0.05, 0) is 83.4 Å². The topological polar surface area (TPSA) is 96.6 Å². The maximum absolute atomic E-state index is 15.1. The first kappa shape index (κ1) is 28.6. The van der Waals surface area contributed by atoms with Gasteiger partial charge in [0.2, 0.25) is 0 Å². The summed E-state index contributed by atoms with van der Waals surface area (Å²) < 4.78 is 22.5. The van der Waals surface area contributed by atoms with Crippen molar-refractivity contribution in [2.75, 3.05) is 6.61 Å². The number of halogens is 2. The largest absolute Gasteiger partial charge is 0.489 e. The van der Waals surface area contributed by atoms with Gasteiger partial charge in [0.25, 0.3) is 5.91 Å². The lowest BCUT2D eigenvalue weighted by atomic mass is 10.0. The summed E-state index contributed by atoms with van der Waals surface area (Å²) in [5.41, 5.74) is 0.621. The van der Waals surface area contributed by atoms with Crippen molar-refractivity contribution in [2.45, 2.75) is 71.8 Å². The molecule has 0 fully saturated rings.